The van der Waals surface area contributed by atoms with E-state index in [1.54, 1.807) is 0 Å². The molecule has 0 bridgehead atoms. The summed E-state index contributed by atoms with van der Waals surface area (Å²) in [5.41, 5.74) is 2.16. The number of aryl methyl sites for hydroxylation is 1. The highest BCUT2D eigenvalue weighted by Crippen LogP contribution is 2.39. The first kappa shape index (κ1) is 15.6. The molecular weight excluding hydrogens is 302 g/mol. The van der Waals surface area contributed by atoms with Crippen LogP contribution in [0.2, 0.25) is 0 Å². The quantitative estimate of drug-likeness (QED) is 0.912. The fraction of sp³-hybridized carbons (Fsp3) is 0.611. The van der Waals surface area contributed by atoms with Crippen LogP contribution in [-0.4, -0.2) is 32.4 Å². The molecule has 6 nitrogen and oxygen atoms in total. The Labute approximate surface area is 142 Å². The SMILES string of the molecule is Cc1cc(N[C@H]2CCO[C@@H]2c2ccnn2C(C)C)nc(C2CC2)n1. The lowest BCUT2D eigenvalue weighted by Gasteiger charge is -2.23. The van der Waals surface area contributed by atoms with Gasteiger partial charge in [0.2, 0.25) is 0 Å². The molecule has 2 aromatic rings. The van der Waals surface area contributed by atoms with E-state index in [2.05, 4.69) is 35.3 Å². The minimum absolute atomic E-state index is 0.00884. The van der Waals surface area contributed by atoms with Gasteiger partial charge in [-0.1, -0.05) is 0 Å². The van der Waals surface area contributed by atoms with E-state index in [9.17, 15) is 0 Å². The Morgan fingerprint density at radius 1 is 1.25 bits per heavy atom. The van der Waals surface area contributed by atoms with Gasteiger partial charge in [0.25, 0.3) is 0 Å². The fourth-order valence-corrected chi connectivity index (χ4v) is 3.39. The summed E-state index contributed by atoms with van der Waals surface area (Å²) in [6.07, 6.45) is 5.26. The molecule has 0 radical (unpaired) electrons. The van der Waals surface area contributed by atoms with Crippen molar-refractivity contribution in [2.24, 2.45) is 0 Å². The maximum Gasteiger partial charge on any atom is 0.134 e. The number of hydrogen-bond donors (Lipinski definition) is 1. The van der Waals surface area contributed by atoms with E-state index in [1.807, 2.05) is 23.9 Å². The molecule has 24 heavy (non-hydrogen) atoms. The summed E-state index contributed by atoms with van der Waals surface area (Å²) in [4.78, 5) is 9.31. The van der Waals surface area contributed by atoms with Crippen molar-refractivity contribution < 1.29 is 4.74 Å². The van der Waals surface area contributed by atoms with Crippen LogP contribution >= 0.6 is 0 Å². The highest BCUT2D eigenvalue weighted by molar-refractivity contribution is 5.39. The first-order chi connectivity index (χ1) is 11.6. The van der Waals surface area contributed by atoms with E-state index in [0.717, 1.165) is 36.1 Å². The zero-order valence-electron chi connectivity index (χ0n) is 14.6. The molecule has 1 saturated heterocycles. The van der Waals surface area contributed by atoms with Gasteiger partial charge in [-0.15, -0.1) is 0 Å². The third kappa shape index (κ3) is 3.02. The van der Waals surface area contributed by atoms with Crippen LogP contribution < -0.4 is 5.32 Å². The van der Waals surface area contributed by atoms with E-state index in [4.69, 9.17) is 9.72 Å². The molecule has 6 heteroatoms. The molecule has 2 aromatic heterocycles. The second-order valence-corrected chi connectivity index (χ2v) is 7.15. The first-order valence-electron chi connectivity index (χ1n) is 8.89. The minimum atomic E-state index is 0.00884. The summed E-state index contributed by atoms with van der Waals surface area (Å²) in [5, 5.41) is 8.04. The highest BCUT2D eigenvalue weighted by atomic mass is 16.5. The van der Waals surface area contributed by atoms with Gasteiger partial charge >= 0.3 is 0 Å². The third-order valence-electron chi connectivity index (χ3n) is 4.72. The van der Waals surface area contributed by atoms with Crippen molar-refractivity contribution in [3.05, 3.63) is 35.5 Å². The topological polar surface area (TPSA) is 64.9 Å². The predicted octanol–water partition coefficient (Wildman–Crippen LogP) is 3.38. The average Bonchev–Trinajstić information content (AvgIpc) is 3.10. The van der Waals surface area contributed by atoms with Crippen LogP contribution in [0.15, 0.2) is 18.3 Å². The number of anilines is 1. The molecule has 2 atom stereocenters. The standard InChI is InChI=1S/C18H25N5O/c1-11(2)23-15(6-8-19-23)17-14(7-9-24-17)21-16-10-12(3)20-18(22-16)13-4-5-13/h6,8,10-11,13-14,17H,4-5,7,9H2,1-3H3,(H,20,21,22)/t14-,17-/m0/s1. The summed E-state index contributed by atoms with van der Waals surface area (Å²) in [7, 11) is 0. The van der Waals surface area contributed by atoms with Gasteiger partial charge in [0, 0.05) is 36.5 Å². The number of nitrogens with zero attached hydrogens (tertiary/aromatic N) is 4. The van der Waals surface area contributed by atoms with Gasteiger partial charge in [0.1, 0.15) is 17.7 Å². The molecular formula is C18H25N5O. The summed E-state index contributed by atoms with van der Waals surface area (Å²) < 4.78 is 8.07. The normalized spacial score (nSPS) is 23.8. The Hall–Kier alpha value is -1.95. The first-order valence-corrected chi connectivity index (χ1v) is 8.89. The van der Waals surface area contributed by atoms with Gasteiger partial charge in [0.05, 0.1) is 11.7 Å². The van der Waals surface area contributed by atoms with Crippen LogP contribution in [0.4, 0.5) is 5.82 Å². The lowest BCUT2D eigenvalue weighted by Crippen LogP contribution is -2.26. The molecule has 3 heterocycles. The second-order valence-electron chi connectivity index (χ2n) is 7.15. The van der Waals surface area contributed by atoms with Gasteiger partial charge in [-0.2, -0.15) is 5.10 Å². The Morgan fingerprint density at radius 2 is 2.08 bits per heavy atom. The van der Waals surface area contributed by atoms with Crippen molar-refractivity contribution in [3.8, 4) is 0 Å². The van der Waals surface area contributed by atoms with Crippen LogP contribution in [0.1, 0.15) is 68.4 Å². The molecule has 1 aliphatic heterocycles. The van der Waals surface area contributed by atoms with Crippen LogP contribution in [-0.2, 0) is 4.74 Å². The van der Waals surface area contributed by atoms with Crippen LogP contribution in [0.25, 0.3) is 0 Å². The molecule has 128 valence electrons. The molecule has 1 aliphatic carbocycles. The monoisotopic (exact) mass is 327 g/mol. The molecule has 0 amide bonds. The van der Waals surface area contributed by atoms with Crippen LogP contribution in [0.3, 0.4) is 0 Å². The van der Waals surface area contributed by atoms with E-state index in [0.29, 0.717) is 12.0 Å². The number of rotatable bonds is 5. The van der Waals surface area contributed by atoms with E-state index in [1.165, 1.54) is 12.8 Å². The van der Waals surface area contributed by atoms with Gasteiger partial charge in [0.15, 0.2) is 0 Å². The predicted molar refractivity (Wildman–Crippen MR) is 92.1 cm³/mol. The number of hydrogen-bond acceptors (Lipinski definition) is 5. The Bertz CT molecular complexity index is 722. The average molecular weight is 327 g/mol. The Kier molecular flexibility index (Phi) is 4.00. The van der Waals surface area contributed by atoms with Crippen molar-refractivity contribution in [2.45, 2.75) is 64.1 Å². The molecule has 1 saturated carbocycles. The smallest absolute Gasteiger partial charge is 0.134 e. The lowest BCUT2D eigenvalue weighted by molar-refractivity contribution is 0.0988. The summed E-state index contributed by atoms with van der Waals surface area (Å²) >= 11 is 0. The Morgan fingerprint density at radius 3 is 2.83 bits per heavy atom. The zero-order valence-corrected chi connectivity index (χ0v) is 14.6. The van der Waals surface area contributed by atoms with Crippen molar-refractivity contribution in [1.29, 1.82) is 0 Å². The van der Waals surface area contributed by atoms with E-state index < -0.39 is 0 Å². The number of nitrogens with one attached hydrogen (secondary N) is 1. The Balaban J connectivity index is 1.56. The summed E-state index contributed by atoms with van der Waals surface area (Å²) in [6, 6.07) is 4.62. The van der Waals surface area contributed by atoms with Crippen molar-refractivity contribution in [1.82, 2.24) is 19.7 Å². The van der Waals surface area contributed by atoms with Crippen molar-refractivity contribution in [3.63, 3.8) is 0 Å². The molecule has 2 aliphatic rings. The van der Waals surface area contributed by atoms with Crippen molar-refractivity contribution >= 4 is 5.82 Å². The molecule has 2 fully saturated rings. The largest absolute Gasteiger partial charge is 0.370 e. The third-order valence-corrected chi connectivity index (χ3v) is 4.72. The maximum atomic E-state index is 6.03. The number of aromatic nitrogens is 4. The summed E-state index contributed by atoms with van der Waals surface area (Å²) in [5.74, 6) is 2.46. The van der Waals surface area contributed by atoms with Crippen LogP contribution in [0, 0.1) is 6.92 Å². The lowest BCUT2D eigenvalue weighted by atomic mass is 10.1. The highest BCUT2D eigenvalue weighted by Gasteiger charge is 2.33. The van der Waals surface area contributed by atoms with Gasteiger partial charge < -0.3 is 10.1 Å². The molecule has 1 N–H and O–H groups in total. The molecule has 0 aromatic carbocycles. The van der Waals surface area contributed by atoms with E-state index >= 15 is 0 Å². The van der Waals surface area contributed by atoms with Crippen LogP contribution in [0.5, 0.6) is 0 Å². The van der Waals surface area contributed by atoms with Gasteiger partial charge in [-0.3, -0.25) is 4.68 Å². The molecule has 4 rings (SSSR count). The molecule has 0 unspecified atom stereocenters. The summed E-state index contributed by atoms with van der Waals surface area (Å²) in [6.45, 7) is 7.08. The maximum absolute atomic E-state index is 6.03. The van der Waals surface area contributed by atoms with Crippen molar-refractivity contribution in [2.75, 3.05) is 11.9 Å². The second kappa shape index (κ2) is 6.16. The van der Waals surface area contributed by atoms with Gasteiger partial charge in [-0.25, -0.2) is 9.97 Å². The zero-order chi connectivity index (χ0) is 16.7. The fourth-order valence-electron chi connectivity index (χ4n) is 3.39. The number of ether oxygens (including phenoxy) is 1. The van der Waals surface area contributed by atoms with Gasteiger partial charge in [-0.05, 0) is 46.1 Å². The minimum Gasteiger partial charge on any atom is -0.370 e. The van der Waals surface area contributed by atoms with E-state index in [-0.39, 0.29) is 12.1 Å². The molecule has 0 spiro atoms.